The maximum absolute atomic E-state index is 15.4. The molecule has 0 unspecified atom stereocenters. The molecule has 2 N–H and O–H groups in total. The minimum Gasteiger partial charge on any atom is -0.492 e. The lowest BCUT2D eigenvalue weighted by molar-refractivity contribution is -0.183. The summed E-state index contributed by atoms with van der Waals surface area (Å²) in [6, 6.07) is 44.8. The number of rotatable bonds is 43. The van der Waals surface area contributed by atoms with E-state index in [0.29, 0.717) is 117 Å². The van der Waals surface area contributed by atoms with Crippen LogP contribution in [-0.2, 0) is 36.9 Å². The van der Waals surface area contributed by atoms with E-state index in [9.17, 15) is 27.6 Å². The second-order valence-corrected chi connectivity index (χ2v) is 29.5. The smallest absolute Gasteiger partial charge is 0.407 e. The average molecular weight is 1590 g/mol. The number of carbonyl (C=O) groups is 3. The fourth-order valence-corrected chi connectivity index (χ4v) is 14.4. The van der Waals surface area contributed by atoms with E-state index in [-0.39, 0.29) is 67.1 Å². The van der Waals surface area contributed by atoms with Gasteiger partial charge in [-0.25, -0.2) is 22.8 Å². The van der Waals surface area contributed by atoms with Crippen LogP contribution in [-0.4, -0.2) is 77.3 Å². The molecule has 614 valence electrons. The molecule has 0 bridgehead atoms. The number of nitrogens with one attached hydrogen (secondary N) is 2. The SMILES string of the molecule is CCCCCCCCCCCCOc1cc(C#Cc2cc(C(=O)Oc3c(F)c(F)c(F)c(F)c3F)c(OCc3ccccc3)c(C3OCCCO3)c2)c(OCCCCCCCCCCCC)cc1C#Cc1cc(C(=O)NCCCCCNC(=O)OCC2c3ccccc3-c3ccccc32)c(OCc2ccccc2)c(C2OCCCO2)c1. The van der Waals surface area contributed by atoms with Crippen molar-refractivity contribution in [3.63, 3.8) is 0 Å². The molecule has 8 aromatic carbocycles. The first kappa shape index (κ1) is 86.6. The van der Waals surface area contributed by atoms with Gasteiger partial charge in [-0.15, -0.1) is 0 Å². The van der Waals surface area contributed by atoms with Gasteiger partial charge in [-0.1, -0.05) is 262 Å². The number of hydrogen-bond donors (Lipinski definition) is 2. The number of unbranched alkanes of at least 4 members (excludes halogenated alkanes) is 20. The van der Waals surface area contributed by atoms with Crippen molar-refractivity contribution in [3.05, 3.63) is 241 Å². The molecule has 0 radical (unpaired) electrons. The van der Waals surface area contributed by atoms with Gasteiger partial charge in [0.15, 0.2) is 12.6 Å². The van der Waals surface area contributed by atoms with E-state index in [1.807, 2.05) is 60.7 Å². The van der Waals surface area contributed by atoms with Crippen molar-refractivity contribution >= 4 is 18.0 Å². The summed E-state index contributed by atoms with van der Waals surface area (Å²) in [4.78, 5) is 42.6. The minimum atomic E-state index is -2.43. The molecule has 15 nitrogen and oxygen atoms in total. The molecule has 2 fully saturated rings. The summed E-state index contributed by atoms with van der Waals surface area (Å²) in [5, 5.41) is 6.04. The zero-order valence-corrected chi connectivity index (χ0v) is 66.7. The number of halogens is 5. The number of ether oxygens (including phenoxy) is 10. The summed E-state index contributed by atoms with van der Waals surface area (Å²) in [6.07, 6.45) is 22.5. The summed E-state index contributed by atoms with van der Waals surface area (Å²) < 4.78 is 137. The number of benzene rings is 8. The van der Waals surface area contributed by atoms with Crippen LogP contribution in [0, 0.1) is 52.8 Å². The van der Waals surface area contributed by atoms with Gasteiger partial charge in [0.25, 0.3) is 5.91 Å². The van der Waals surface area contributed by atoms with Crippen molar-refractivity contribution in [2.24, 2.45) is 0 Å². The molecule has 2 heterocycles. The summed E-state index contributed by atoms with van der Waals surface area (Å²) in [7, 11) is 0. The van der Waals surface area contributed by atoms with Gasteiger partial charge in [-0.05, 0) is 103 Å². The lowest BCUT2D eigenvalue weighted by Crippen LogP contribution is -2.28. The Balaban J connectivity index is 0.919. The molecule has 2 amide bonds. The number of alkyl carbamates (subject to hydrolysis) is 1. The monoisotopic (exact) mass is 1590 g/mol. The van der Waals surface area contributed by atoms with Gasteiger partial charge in [0, 0.05) is 42.3 Å². The Kier molecular flexibility index (Phi) is 34.7. The predicted octanol–water partition coefficient (Wildman–Crippen LogP) is 22.5. The molecular weight excluding hydrogens is 1480 g/mol. The number of esters is 1. The van der Waals surface area contributed by atoms with Crippen LogP contribution in [0.25, 0.3) is 11.1 Å². The minimum absolute atomic E-state index is 0.0619. The molecule has 0 aromatic heterocycles. The quantitative estimate of drug-likeness (QED) is 0.00705. The number of amides is 2. The van der Waals surface area contributed by atoms with E-state index in [4.69, 9.17) is 47.4 Å². The standard InChI is InChI=1S/C96H107F5N2O13/c1-3-5-7-9-11-13-15-17-19-34-52-107-82-63-72(49-47-70-59-78(93(105)116-91-87(100)85(98)84(97)86(99)88(91)101)90(114-65-68-40-26-22-27-41-68)80(61-70)95-111-56-37-57-112-95)83(108-53-35-20-18-16-14-12-10-8-6-4-2)62-71(82)48-46-69-58-77(89(113-64-67-38-24-21-25-39-67)79(60-69)94-109-54-36-55-110-94)92(104)102-50-32-23-33-51-103-96(106)115-66-81-75-44-30-28-42-73(75)74-43-29-31-45-76(74)81/h21-22,24-31,38-45,58-63,81,94-95H,3-20,23,32-37,50-57,64-66H2,1-2H3,(H,102,104)(H,103,106). The van der Waals surface area contributed by atoms with E-state index >= 15 is 8.78 Å². The van der Waals surface area contributed by atoms with Gasteiger partial charge >= 0.3 is 12.1 Å². The highest BCUT2D eigenvalue weighted by Crippen LogP contribution is 2.45. The Morgan fingerprint density at radius 2 is 0.802 bits per heavy atom. The van der Waals surface area contributed by atoms with Gasteiger partial charge in [0.05, 0.1) is 67.5 Å². The van der Waals surface area contributed by atoms with Crippen LogP contribution in [0.1, 0.15) is 269 Å². The molecule has 0 atom stereocenters. The third-order valence-corrected chi connectivity index (χ3v) is 20.7. The summed E-state index contributed by atoms with van der Waals surface area (Å²) in [5.74, 6) is -1.62. The lowest BCUT2D eigenvalue weighted by atomic mass is 9.98. The first-order valence-corrected chi connectivity index (χ1v) is 41.6. The molecule has 116 heavy (non-hydrogen) atoms. The highest BCUT2D eigenvalue weighted by Gasteiger charge is 2.34. The van der Waals surface area contributed by atoms with E-state index in [2.05, 4.69) is 72.4 Å². The van der Waals surface area contributed by atoms with Gasteiger partial charge in [-0.2, -0.15) is 8.78 Å². The van der Waals surface area contributed by atoms with Crippen molar-refractivity contribution in [1.82, 2.24) is 10.6 Å². The van der Waals surface area contributed by atoms with Crippen LogP contribution in [0.15, 0.2) is 146 Å². The zero-order valence-electron chi connectivity index (χ0n) is 66.7. The normalized spacial score (nSPS) is 13.3. The molecule has 0 spiro atoms. The Morgan fingerprint density at radius 1 is 0.405 bits per heavy atom. The van der Waals surface area contributed by atoms with Crippen LogP contribution < -0.4 is 34.3 Å². The summed E-state index contributed by atoms with van der Waals surface area (Å²) in [6.45, 7) is 7.14. The Morgan fingerprint density at radius 3 is 1.27 bits per heavy atom. The summed E-state index contributed by atoms with van der Waals surface area (Å²) >= 11 is 0. The fourth-order valence-electron chi connectivity index (χ4n) is 14.4. The van der Waals surface area contributed by atoms with Crippen molar-refractivity contribution in [1.29, 1.82) is 0 Å². The highest BCUT2D eigenvalue weighted by atomic mass is 19.2. The van der Waals surface area contributed by atoms with Gasteiger partial charge in [0.2, 0.25) is 34.8 Å². The van der Waals surface area contributed by atoms with Crippen molar-refractivity contribution in [3.8, 4) is 63.6 Å². The van der Waals surface area contributed by atoms with Crippen molar-refractivity contribution in [2.45, 2.75) is 206 Å². The molecule has 2 saturated heterocycles. The lowest BCUT2D eigenvalue weighted by Gasteiger charge is -2.26. The first-order chi connectivity index (χ1) is 56.9. The first-order valence-electron chi connectivity index (χ1n) is 41.6. The molecule has 1 aliphatic carbocycles. The van der Waals surface area contributed by atoms with Crippen LogP contribution in [0.4, 0.5) is 26.7 Å². The highest BCUT2D eigenvalue weighted by molar-refractivity contribution is 5.98. The maximum atomic E-state index is 15.4. The Labute approximate surface area is 679 Å². The maximum Gasteiger partial charge on any atom is 0.407 e. The second kappa shape index (κ2) is 46.5. The van der Waals surface area contributed by atoms with Crippen molar-refractivity contribution < 1.29 is 83.7 Å². The third kappa shape index (κ3) is 25.2. The molecule has 2 aliphatic heterocycles. The van der Waals surface area contributed by atoms with Crippen molar-refractivity contribution in [2.75, 3.05) is 59.3 Å². The van der Waals surface area contributed by atoms with E-state index in [1.54, 1.807) is 54.6 Å². The Hall–Kier alpha value is -10.2. The Bertz CT molecular complexity index is 4570. The van der Waals surface area contributed by atoms with E-state index < -0.39 is 70.9 Å². The van der Waals surface area contributed by atoms with Crippen LogP contribution in [0.5, 0.6) is 28.7 Å². The van der Waals surface area contributed by atoms with E-state index in [1.165, 1.54) is 70.3 Å². The largest absolute Gasteiger partial charge is 0.492 e. The topological polar surface area (TPSA) is 168 Å². The predicted molar refractivity (Wildman–Crippen MR) is 436 cm³/mol. The molecule has 8 aromatic rings. The van der Waals surface area contributed by atoms with Gasteiger partial charge in [-0.3, -0.25) is 4.79 Å². The summed E-state index contributed by atoms with van der Waals surface area (Å²) in [5.41, 5.74) is 7.70. The van der Waals surface area contributed by atoms with Gasteiger partial charge < -0.3 is 58.0 Å². The second-order valence-electron chi connectivity index (χ2n) is 29.5. The zero-order chi connectivity index (χ0) is 81.1. The number of carbonyl (C=O) groups excluding carboxylic acids is 3. The molecular formula is C96H107F5N2O13. The fraction of sp³-hybridized carbons (Fsp3) is 0.427. The van der Waals surface area contributed by atoms with Gasteiger partial charge in [0.1, 0.15) is 48.4 Å². The van der Waals surface area contributed by atoms with Crippen LogP contribution in [0.2, 0.25) is 0 Å². The molecule has 11 rings (SSSR count). The molecule has 0 saturated carbocycles. The third-order valence-electron chi connectivity index (χ3n) is 20.7. The van der Waals surface area contributed by atoms with E-state index in [0.717, 1.165) is 85.6 Å². The molecule has 3 aliphatic rings. The molecule has 20 heteroatoms. The van der Waals surface area contributed by atoms with Crippen LogP contribution >= 0.6 is 0 Å². The average Bonchev–Trinajstić information content (AvgIpc) is 1.55. The number of fused-ring (bicyclic) bond motifs is 3. The van der Waals surface area contributed by atoms with Crippen LogP contribution in [0.3, 0.4) is 0 Å². The number of hydrogen-bond acceptors (Lipinski definition) is 13.